The van der Waals surface area contributed by atoms with E-state index in [9.17, 15) is 5.11 Å². The predicted molar refractivity (Wildman–Crippen MR) is 94.8 cm³/mol. The molecule has 0 amide bonds. The normalized spacial score (nSPS) is 16.4. The van der Waals surface area contributed by atoms with Crippen molar-refractivity contribution in [1.29, 1.82) is 0 Å². The number of hydrogen-bond acceptors (Lipinski definition) is 3. The summed E-state index contributed by atoms with van der Waals surface area (Å²) in [5, 5.41) is 13.2. The summed E-state index contributed by atoms with van der Waals surface area (Å²) in [5.74, 6) is 1.89. The molecule has 1 saturated heterocycles. The maximum absolute atomic E-state index is 9.72. The maximum atomic E-state index is 9.72. The number of benzene rings is 1. The largest absolute Gasteiger partial charge is 0.469 e. The van der Waals surface area contributed by atoms with E-state index in [0.29, 0.717) is 6.54 Å². The van der Waals surface area contributed by atoms with Gasteiger partial charge in [-0.3, -0.25) is 0 Å². The Morgan fingerprint density at radius 2 is 1.96 bits per heavy atom. The minimum Gasteiger partial charge on any atom is -0.469 e. The van der Waals surface area contributed by atoms with E-state index < -0.39 is 0 Å². The third kappa shape index (κ3) is 4.86. The molecule has 1 aromatic carbocycles. The molecule has 0 saturated carbocycles. The van der Waals surface area contributed by atoms with Crippen molar-refractivity contribution in [2.24, 2.45) is 4.99 Å². The number of aliphatic hydroxyl groups is 1. The monoisotopic (exact) mass is 327 g/mol. The average Bonchev–Trinajstić information content (AvgIpc) is 3.13. The Kier molecular flexibility index (Phi) is 5.90. The molecular weight excluding hydrogens is 302 g/mol. The van der Waals surface area contributed by atoms with Crippen LogP contribution in [0, 0.1) is 0 Å². The van der Waals surface area contributed by atoms with Gasteiger partial charge in [0.25, 0.3) is 0 Å². The highest BCUT2D eigenvalue weighted by atomic mass is 16.3. The molecule has 24 heavy (non-hydrogen) atoms. The molecule has 0 atom stereocenters. The van der Waals surface area contributed by atoms with E-state index in [1.54, 1.807) is 6.26 Å². The summed E-state index contributed by atoms with van der Waals surface area (Å²) < 4.78 is 5.38. The van der Waals surface area contributed by atoms with E-state index in [4.69, 9.17) is 9.41 Å². The second-order valence-corrected chi connectivity index (χ2v) is 6.10. The van der Waals surface area contributed by atoms with Crippen molar-refractivity contribution in [2.75, 3.05) is 19.6 Å². The first-order chi connectivity index (χ1) is 11.8. The molecule has 0 aliphatic carbocycles. The molecule has 0 bridgehead atoms. The lowest BCUT2D eigenvalue weighted by Crippen LogP contribution is -2.47. The average molecular weight is 327 g/mol. The third-order valence-corrected chi connectivity index (χ3v) is 4.25. The predicted octanol–water partition coefficient (Wildman–Crippen LogP) is 2.42. The number of nitrogens with one attached hydrogen (secondary N) is 1. The van der Waals surface area contributed by atoms with Crippen molar-refractivity contribution in [1.82, 2.24) is 10.2 Å². The Labute approximate surface area is 143 Å². The minimum absolute atomic E-state index is 0.181. The van der Waals surface area contributed by atoms with Crippen LogP contribution in [0.3, 0.4) is 0 Å². The summed E-state index contributed by atoms with van der Waals surface area (Å²) in [6.07, 6.45) is 3.94. The first-order valence-corrected chi connectivity index (χ1v) is 8.59. The number of likely N-dealkylation sites (tertiary alicyclic amines) is 1. The summed E-state index contributed by atoms with van der Waals surface area (Å²) in [4.78, 5) is 7.01. The summed E-state index contributed by atoms with van der Waals surface area (Å²) in [5.41, 5.74) is 1.19. The standard InChI is InChI=1S/C19H25N3O2/c23-17-9-12-22(13-10-17)19(20-11-8-18-7-4-14-24-18)21-15-16-5-2-1-3-6-16/h1-7,14,17,23H,8-13,15H2,(H,20,21). The van der Waals surface area contributed by atoms with Gasteiger partial charge in [-0.05, 0) is 30.5 Å². The van der Waals surface area contributed by atoms with Gasteiger partial charge in [0.15, 0.2) is 5.96 Å². The van der Waals surface area contributed by atoms with Gasteiger partial charge in [-0.15, -0.1) is 0 Å². The number of guanidine groups is 1. The van der Waals surface area contributed by atoms with Gasteiger partial charge >= 0.3 is 0 Å². The van der Waals surface area contributed by atoms with Crippen LogP contribution in [-0.2, 0) is 13.0 Å². The van der Waals surface area contributed by atoms with Crippen molar-refractivity contribution < 1.29 is 9.52 Å². The topological polar surface area (TPSA) is 61.0 Å². The van der Waals surface area contributed by atoms with Crippen LogP contribution in [0.5, 0.6) is 0 Å². The molecule has 128 valence electrons. The van der Waals surface area contributed by atoms with Gasteiger partial charge < -0.3 is 19.7 Å². The zero-order valence-electron chi connectivity index (χ0n) is 13.9. The van der Waals surface area contributed by atoms with Crippen LogP contribution in [0.1, 0.15) is 24.2 Å². The van der Waals surface area contributed by atoms with Gasteiger partial charge in [-0.1, -0.05) is 30.3 Å². The van der Waals surface area contributed by atoms with Crippen LogP contribution >= 0.6 is 0 Å². The highest BCUT2D eigenvalue weighted by molar-refractivity contribution is 5.80. The molecule has 0 unspecified atom stereocenters. The van der Waals surface area contributed by atoms with Crippen molar-refractivity contribution in [3.8, 4) is 0 Å². The molecule has 3 rings (SSSR count). The number of aliphatic hydroxyl groups excluding tert-OH is 1. The molecule has 5 nitrogen and oxygen atoms in total. The first-order valence-electron chi connectivity index (χ1n) is 8.59. The summed E-state index contributed by atoms with van der Waals surface area (Å²) in [6, 6.07) is 14.2. The second kappa shape index (κ2) is 8.55. The van der Waals surface area contributed by atoms with Gasteiger partial charge in [0.05, 0.1) is 18.9 Å². The molecule has 2 N–H and O–H groups in total. The number of aliphatic imine (C=N–C) groups is 1. The van der Waals surface area contributed by atoms with Crippen LogP contribution in [0.4, 0.5) is 0 Å². The third-order valence-electron chi connectivity index (χ3n) is 4.25. The minimum atomic E-state index is -0.181. The summed E-state index contributed by atoms with van der Waals surface area (Å²) in [7, 11) is 0. The van der Waals surface area contributed by atoms with Crippen molar-refractivity contribution in [3.05, 3.63) is 60.1 Å². The van der Waals surface area contributed by atoms with Gasteiger partial charge in [-0.25, -0.2) is 4.99 Å². The van der Waals surface area contributed by atoms with Crippen molar-refractivity contribution in [3.63, 3.8) is 0 Å². The molecule has 1 fully saturated rings. The lowest BCUT2D eigenvalue weighted by molar-refractivity contribution is 0.108. The quantitative estimate of drug-likeness (QED) is 0.654. The van der Waals surface area contributed by atoms with Crippen LogP contribution in [0.15, 0.2) is 58.1 Å². The van der Waals surface area contributed by atoms with Crippen molar-refractivity contribution in [2.45, 2.75) is 31.9 Å². The molecule has 1 aromatic heterocycles. The molecule has 0 spiro atoms. The zero-order chi connectivity index (χ0) is 16.6. The fraction of sp³-hybridized carbons (Fsp3) is 0.421. The highest BCUT2D eigenvalue weighted by Gasteiger charge is 2.19. The van der Waals surface area contributed by atoms with Gasteiger partial charge in [0.2, 0.25) is 0 Å². The molecule has 2 heterocycles. The highest BCUT2D eigenvalue weighted by Crippen LogP contribution is 2.11. The van der Waals surface area contributed by atoms with Gasteiger partial charge in [0.1, 0.15) is 5.76 Å². The summed E-state index contributed by atoms with van der Waals surface area (Å²) in [6.45, 7) is 3.11. The molecule has 1 aliphatic heterocycles. The number of rotatable bonds is 5. The lowest BCUT2D eigenvalue weighted by atomic mass is 10.1. The van der Waals surface area contributed by atoms with Gasteiger partial charge in [-0.2, -0.15) is 0 Å². The Morgan fingerprint density at radius 1 is 1.17 bits per heavy atom. The number of hydrogen-bond donors (Lipinski definition) is 2. The molecule has 1 aliphatic rings. The summed E-state index contributed by atoms with van der Waals surface area (Å²) >= 11 is 0. The van der Waals surface area contributed by atoms with E-state index in [-0.39, 0.29) is 6.10 Å². The fourth-order valence-electron chi connectivity index (χ4n) is 2.85. The Bertz CT molecular complexity index is 617. The molecule has 2 aromatic rings. The second-order valence-electron chi connectivity index (χ2n) is 6.10. The Hall–Kier alpha value is -2.27. The smallest absolute Gasteiger partial charge is 0.194 e. The molecule has 0 radical (unpaired) electrons. The van der Waals surface area contributed by atoms with Crippen LogP contribution in [0.25, 0.3) is 0 Å². The maximum Gasteiger partial charge on any atom is 0.194 e. The number of nitrogens with zero attached hydrogens (tertiary/aromatic N) is 2. The lowest BCUT2D eigenvalue weighted by Gasteiger charge is -2.32. The van der Waals surface area contributed by atoms with E-state index in [2.05, 4.69) is 22.3 Å². The Balaban J connectivity index is 1.61. The van der Waals surface area contributed by atoms with Crippen molar-refractivity contribution >= 4 is 5.96 Å². The van der Waals surface area contributed by atoms with Crippen LogP contribution < -0.4 is 5.32 Å². The van der Waals surface area contributed by atoms with Crippen LogP contribution in [0.2, 0.25) is 0 Å². The molecule has 5 heteroatoms. The number of furan rings is 1. The molecular formula is C19H25N3O2. The van der Waals surface area contributed by atoms with Crippen LogP contribution in [-0.4, -0.2) is 41.7 Å². The van der Waals surface area contributed by atoms with E-state index in [1.807, 2.05) is 30.3 Å². The van der Waals surface area contributed by atoms with Gasteiger partial charge in [0, 0.05) is 26.1 Å². The van der Waals surface area contributed by atoms with E-state index >= 15 is 0 Å². The van der Waals surface area contributed by atoms with E-state index in [1.165, 1.54) is 5.56 Å². The SMILES string of the molecule is OC1CCN(C(=NCc2ccccc2)NCCc2ccco2)CC1. The Morgan fingerprint density at radius 3 is 2.67 bits per heavy atom. The first kappa shape index (κ1) is 16.6. The van der Waals surface area contributed by atoms with E-state index in [0.717, 1.165) is 50.6 Å². The zero-order valence-corrected chi connectivity index (χ0v) is 13.9. The number of piperidine rings is 1. The fourth-order valence-corrected chi connectivity index (χ4v) is 2.85.